The van der Waals surface area contributed by atoms with Crippen molar-refractivity contribution in [3.05, 3.63) is 0 Å². The summed E-state index contributed by atoms with van der Waals surface area (Å²) in [6.07, 6.45) is 1.24. The highest BCUT2D eigenvalue weighted by atomic mass is 16.5. The molecule has 0 bridgehead atoms. The molecule has 7 heteroatoms. The average molecular weight is 259 g/mol. The molecule has 0 saturated heterocycles. The number of aliphatic imine (C=N–C) groups is 1. The summed E-state index contributed by atoms with van der Waals surface area (Å²) in [5, 5.41) is 5.68. The van der Waals surface area contributed by atoms with Gasteiger partial charge < -0.3 is 15.4 Å². The molecule has 0 aliphatic heterocycles. The minimum atomic E-state index is 0.0118. The fraction of sp³-hybridized carbons (Fsp3) is 0.818. The molecule has 0 spiro atoms. The van der Waals surface area contributed by atoms with Crippen LogP contribution in [0.3, 0.4) is 0 Å². The molecule has 18 heavy (non-hydrogen) atoms. The third kappa shape index (κ3) is 9.86. The number of hydrogen-bond acceptors (Lipinski definition) is 4. The fourth-order valence-electron chi connectivity index (χ4n) is 1.23. The van der Waals surface area contributed by atoms with Crippen LogP contribution in [0.1, 0.15) is 26.7 Å². The third-order valence-electron chi connectivity index (χ3n) is 2.08. The van der Waals surface area contributed by atoms with E-state index < -0.39 is 0 Å². The first kappa shape index (κ1) is 16.7. The lowest BCUT2D eigenvalue weighted by Gasteiger charge is -2.09. The fourth-order valence-corrected chi connectivity index (χ4v) is 1.23. The number of nitrogens with two attached hydrogens (primary N) is 1. The van der Waals surface area contributed by atoms with Crippen LogP contribution in [0.25, 0.3) is 0 Å². The number of carbonyl (C=O) groups is 1. The van der Waals surface area contributed by atoms with Crippen molar-refractivity contribution in [2.75, 3.05) is 32.8 Å². The molecule has 0 rings (SSSR count). The minimum absolute atomic E-state index is 0.0118. The number of hydrazine groups is 1. The normalized spacial score (nSPS) is 11.2. The van der Waals surface area contributed by atoms with E-state index in [1.54, 1.807) is 0 Å². The zero-order valence-electron chi connectivity index (χ0n) is 11.3. The summed E-state index contributed by atoms with van der Waals surface area (Å²) in [5.41, 5.74) is 2.47. The van der Waals surface area contributed by atoms with Crippen LogP contribution < -0.4 is 21.9 Å². The number of nitrogens with one attached hydrogen (secondary N) is 3. The first-order chi connectivity index (χ1) is 8.74. The lowest BCUT2D eigenvalue weighted by Crippen LogP contribution is -2.43. The second-order valence-corrected chi connectivity index (χ2v) is 3.56. The van der Waals surface area contributed by atoms with Crippen molar-refractivity contribution < 1.29 is 9.53 Å². The minimum Gasteiger partial charge on any atom is -0.382 e. The Kier molecular flexibility index (Phi) is 11.2. The van der Waals surface area contributed by atoms with Crippen LogP contribution in [-0.4, -0.2) is 44.7 Å². The number of ether oxygens (including phenoxy) is 1. The standard InChI is InChI=1S/C11H25N5O2/c1-3-13-10(17)6-8-15-11(16-12)14-7-5-9-18-4-2/h3-9,12H2,1-2H3,(H,13,17)(H2,14,15,16). The van der Waals surface area contributed by atoms with Gasteiger partial charge in [0.05, 0.1) is 0 Å². The van der Waals surface area contributed by atoms with E-state index in [9.17, 15) is 4.79 Å². The topological polar surface area (TPSA) is 101 Å². The molecule has 0 aromatic carbocycles. The lowest BCUT2D eigenvalue weighted by atomic mass is 10.4. The van der Waals surface area contributed by atoms with E-state index in [1.807, 2.05) is 13.8 Å². The maximum atomic E-state index is 11.2. The van der Waals surface area contributed by atoms with Crippen LogP contribution in [0.15, 0.2) is 4.99 Å². The predicted octanol–water partition coefficient (Wildman–Crippen LogP) is -0.652. The van der Waals surface area contributed by atoms with Gasteiger partial charge in [-0.2, -0.15) is 0 Å². The van der Waals surface area contributed by atoms with Crippen molar-refractivity contribution in [3.8, 4) is 0 Å². The Balaban J connectivity index is 3.68. The first-order valence-corrected chi connectivity index (χ1v) is 6.33. The summed E-state index contributed by atoms with van der Waals surface area (Å²) < 4.78 is 5.19. The Labute approximate surface area is 109 Å². The highest BCUT2D eigenvalue weighted by Crippen LogP contribution is 1.84. The number of carbonyl (C=O) groups excluding carboxylic acids is 1. The highest BCUT2D eigenvalue weighted by molar-refractivity contribution is 5.80. The van der Waals surface area contributed by atoms with Gasteiger partial charge in [-0.1, -0.05) is 0 Å². The maximum absolute atomic E-state index is 11.2. The second-order valence-electron chi connectivity index (χ2n) is 3.56. The van der Waals surface area contributed by atoms with Gasteiger partial charge in [-0.15, -0.1) is 0 Å². The number of amides is 1. The van der Waals surface area contributed by atoms with Crippen molar-refractivity contribution >= 4 is 11.9 Å². The van der Waals surface area contributed by atoms with E-state index >= 15 is 0 Å². The molecule has 106 valence electrons. The van der Waals surface area contributed by atoms with E-state index in [-0.39, 0.29) is 5.91 Å². The largest absolute Gasteiger partial charge is 0.382 e. The summed E-state index contributed by atoms with van der Waals surface area (Å²) in [7, 11) is 0. The van der Waals surface area contributed by atoms with E-state index in [2.05, 4.69) is 21.1 Å². The van der Waals surface area contributed by atoms with E-state index in [4.69, 9.17) is 10.6 Å². The van der Waals surface area contributed by atoms with Crippen molar-refractivity contribution in [1.82, 2.24) is 16.1 Å². The van der Waals surface area contributed by atoms with Crippen molar-refractivity contribution in [2.45, 2.75) is 26.7 Å². The zero-order chi connectivity index (χ0) is 13.6. The summed E-state index contributed by atoms with van der Waals surface area (Å²) in [5.74, 6) is 5.82. The van der Waals surface area contributed by atoms with Crippen molar-refractivity contribution in [3.63, 3.8) is 0 Å². The van der Waals surface area contributed by atoms with Gasteiger partial charge >= 0.3 is 0 Å². The van der Waals surface area contributed by atoms with Gasteiger partial charge in [0.25, 0.3) is 0 Å². The zero-order valence-corrected chi connectivity index (χ0v) is 11.3. The van der Waals surface area contributed by atoms with Gasteiger partial charge in [0.2, 0.25) is 11.9 Å². The van der Waals surface area contributed by atoms with E-state index in [0.29, 0.717) is 38.6 Å². The molecule has 5 N–H and O–H groups in total. The summed E-state index contributed by atoms with van der Waals surface area (Å²) >= 11 is 0. The molecule has 0 heterocycles. The first-order valence-electron chi connectivity index (χ1n) is 6.33. The van der Waals surface area contributed by atoms with Crippen LogP contribution in [0.4, 0.5) is 0 Å². The van der Waals surface area contributed by atoms with Crippen LogP contribution >= 0.6 is 0 Å². The number of hydrogen-bond donors (Lipinski definition) is 4. The van der Waals surface area contributed by atoms with Gasteiger partial charge in [-0.05, 0) is 20.3 Å². The van der Waals surface area contributed by atoms with Gasteiger partial charge in [0.1, 0.15) is 0 Å². The number of guanidine groups is 1. The smallest absolute Gasteiger partial charge is 0.221 e. The molecule has 1 amide bonds. The molecular weight excluding hydrogens is 234 g/mol. The summed E-state index contributed by atoms with van der Waals surface area (Å²) in [6, 6.07) is 0. The molecule has 0 saturated carbocycles. The Morgan fingerprint density at radius 1 is 1.33 bits per heavy atom. The molecule has 0 aliphatic rings. The molecule has 0 unspecified atom stereocenters. The van der Waals surface area contributed by atoms with Crippen molar-refractivity contribution in [1.29, 1.82) is 0 Å². The molecule has 7 nitrogen and oxygen atoms in total. The summed E-state index contributed by atoms with van der Waals surface area (Å²) in [6.45, 7) is 7.03. The lowest BCUT2D eigenvalue weighted by molar-refractivity contribution is -0.120. The molecule has 0 radical (unpaired) electrons. The van der Waals surface area contributed by atoms with Gasteiger partial charge in [0.15, 0.2) is 0 Å². The number of rotatable bonds is 9. The van der Waals surface area contributed by atoms with Crippen molar-refractivity contribution in [2.24, 2.45) is 10.8 Å². The van der Waals surface area contributed by atoms with E-state index in [0.717, 1.165) is 13.0 Å². The molecular formula is C11H25N5O2. The second kappa shape index (κ2) is 12.1. The predicted molar refractivity (Wildman–Crippen MR) is 72.0 cm³/mol. The Morgan fingerprint density at radius 3 is 2.72 bits per heavy atom. The SMILES string of the molecule is CCNC(=O)CCNC(=NCCCOCC)NN. The molecule has 0 aromatic rings. The van der Waals surface area contributed by atoms with Crippen LogP contribution in [0, 0.1) is 0 Å². The average Bonchev–Trinajstić information content (AvgIpc) is 2.36. The molecule has 0 aromatic heterocycles. The van der Waals surface area contributed by atoms with E-state index in [1.165, 1.54) is 0 Å². The quantitative estimate of drug-likeness (QED) is 0.145. The van der Waals surface area contributed by atoms with Gasteiger partial charge in [-0.3, -0.25) is 15.2 Å². The third-order valence-corrected chi connectivity index (χ3v) is 2.08. The van der Waals surface area contributed by atoms with Gasteiger partial charge in [-0.25, -0.2) is 5.84 Å². The van der Waals surface area contributed by atoms with Crippen LogP contribution in [-0.2, 0) is 9.53 Å². The van der Waals surface area contributed by atoms with Crippen LogP contribution in [0.5, 0.6) is 0 Å². The summed E-state index contributed by atoms with van der Waals surface area (Å²) in [4.78, 5) is 15.4. The van der Waals surface area contributed by atoms with Gasteiger partial charge in [0, 0.05) is 39.3 Å². The molecule has 0 atom stereocenters. The Bertz CT molecular complexity index is 246. The van der Waals surface area contributed by atoms with Crippen LogP contribution in [0.2, 0.25) is 0 Å². The Hall–Kier alpha value is -1.34. The number of nitrogens with zero attached hydrogens (tertiary/aromatic N) is 1. The highest BCUT2D eigenvalue weighted by Gasteiger charge is 2.00. The molecule has 0 fully saturated rings. The maximum Gasteiger partial charge on any atom is 0.221 e. The Morgan fingerprint density at radius 2 is 2.11 bits per heavy atom. The monoisotopic (exact) mass is 259 g/mol. The molecule has 0 aliphatic carbocycles.